The van der Waals surface area contributed by atoms with E-state index in [1.165, 1.54) is 32.1 Å². The molecule has 0 saturated heterocycles. The summed E-state index contributed by atoms with van der Waals surface area (Å²) in [7, 11) is 0. The SMILES string of the molecule is NC(=NO)C1(C(=O)NC2CCCCCCC2)CCCCC1. The van der Waals surface area contributed by atoms with Gasteiger partial charge in [0.25, 0.3) is 0 Å². The normalized spacial score (nSPS) is 24.9. The highest BCUT2D eigenvalue weighted by atomic mass is 16.4. The second kappa shape index (κ2) is 7.66. The Morgan fingerprint density at radius 1 is 1.00 bits per heavy atom. The van der Waals surface area contributed by atoms with Crippen LogP contribution in [0, 0.1) is 5.41 Å². The summed E-state index contributed by atoms with van der Waals surface area (Å²) in [4.78, 5) is 12.8. The Labute approximate surface area is 127 Å². The minimum atomic E-state index is -0.782. The Morgan fingerprint density at radius 3 is 2.10 bits per heavy atom. The summed E-state index contributed by atoms with van der Waals surface area (Å²) in [5.41, 5.74) is 5.10. The molecule has 2 aliphatic carbocycles. The van der Waals surface area contributed by atoms with Gasteiger partial charge in [-0.1, -0.05) is 56.5 Å². The van der Waals surface area contributed by atoms with Crippen molar-refractivity contribution < 1.29 is 10.0 Å². The molecule has 2 fully saturated rings. The summed E-state index contributed by atoms with van der Waals surface area (Å²) in [5, 5.41) is 15.4. The van der Waals surface area contributed by atoms with Gasteiger partial charge in [-0.25, -0.2) is 0 Å². The highest BCUT2D eigenvalue weighted by Gasteiger charge is 2.44. The molecule has 5 heteroatoms. The number of hydrogen-bond donors (Lipinski definition) is 3. The monoisotopic (exact) mass is 295 g/mol. The maximum atomic E-state index is 12.8. The number of rotatable bonds is 3. The predicted octanol–water partition coefficient (Wildman–Crippen LogP) is 2.91. The van der Waals surface area contributed by atoms with E-state index < -0.39 is 5.41 Å². The molecule has 0 aromatic heterocycles. The van der Waals surface area contributed by atoms with E-state index in [1.807, 2.05) is 0 Å². The highest BCUT2D eigenvalue weighted by molar-refractivity contribution is 6.06. The smallest absolute Gasteiger partial charge is 0.234 e. The maximum absolute atomic E-state index is 12.8. The largest absolute Gasteiger partial charge is 0.409 e. The van der Waals surface area contributed by atoms with Crippen molar-refractivity contribution in [3.05, 3.63) is 0 Å². The highest BCUT2D eigenvalue weighted by Crippen LogP contribution is 2.37. The zero-order valence-electron chi connectivity index (χ0n) is 12.9. The van der Waals surface area contributed by atoms with Crippen LogP contribution in [0.5, 0.6) is 0 Å². The second-order valence-corrected chi connectivity index (χ2v) is 6.64. The number of amides is 1. The summed E-state index contributed by atoms with van der Waals surface area (Å²) in [6.07, 6.45) is 12.8. The van der Waals surface area contributed by atoms with Gasteiger partial charge in [0.2, 0.25) is 5.91 Å². The summed E-state index contributed by atoms with van der Waals surface area (Å²) >= 11 is 0. The minimum absolute atomic E-state index is 0.0249. The number of nitrogens with zero attached hydrogens (tertiary/aromatic N) is 1. The van der Waals surface area contributed by atoms with Gasteiger partial charge in [-0.15, -0.1) is 0 Å². The minimum Gasteiger partial charge on any atom is -0.409 e. The Bertz CT molecular complexity index is 368. The predicted molar refractivity (Wildman–Crippen MR) is 83.2 cm³/mol. The fourth-order valence-corrected chi connectivity index (χ4v) is 3.77. The summed E-state index contributed by atoms with van der Waals surface area (Å²) < 4.78 is 0. The topological polar surface area (TPSA) is 87.7 Å². The van der Waals surface area contributed by atoms with Crippen molar-refractivity contribution in [2.24, 2.45) is 16.3 Å². The summed E-state index contributed by atoms with van der Waals surface area (Å²) in [6, 6.07) is 0.253. The molecular formula is C16H29N3O2. The zero-order chi connectivity index (χ0) is 15.1. The van der Waals surface area contributed by atoms with Crippen LogP contribution in [0.3, 0.4) is 0 Å². The van der Waals surface area contributed by atoms with E-state index in [0.29, 0.717) is 12.8 Å². The molecule has 2 aliphatic rings. The van der Waals surface area contributed by atoms with Gasteiger partial charge in [0.05, 0.1) is 0 Å². The van der Waals surface area contributed by atoms with Crippen molar-refractivity contribution in [2.75, 3.05) is 0 Å². The number of hydrogen-bond acceptors (Lipinski definition) is 3. The van der Waals surface area contributed by atoms with E-state index in [9.17, 15) is 4.79 Å². The Hall–Kier alpha value is -1.26. The fraction of sp³-hybridized carbons (Fsp3) is 0.875. The van der Waals surface area contributed by atoms with E-state index in [0.717, 1.165) is 32.1 Å². The van der Waals surface area contributed by atoms with Crippen LogP contribution < -0.4 is 11.1 Å². The van der Waals surface area contributed by atoms with E-state index in [-0.39, 0.29) is 17.8 Å². The molecule has 1 amide bonds. The van der Waals surface area contributed by atoms with Gasteiger partial charge < -0.3 is 16.3 Å². The molecule has 0 bridgehead atoms. The first-order chi connectivity index (χ1) is 10.2. The summed E-state index contributed by atoms with van der Waals surface area (Å²) in [5.74, 6) is 0.0635. The van der Waals surface area contributed by atoms with Crippen LogP contribution in [0.15, 0.2) is 5.16 Å². The molecule has 0 heterocycles. The molecule has 0 aromatic rings. The number of nitrogens with one attached hydrogen (secondary N) is 1. The number of amidine groups is 1. The van der Waals surface area contributed by atoms with Gasteiger partial charge in [0, 0.05) is 6.04 Å². The van der Waals surface area contributed by atoms with Crippen molar-refractivity contribution in [3.63, 3.8) is 0 Å². The molecule has 21 heavy (non-hydrogen) atoms. The van der Waals surface area contributed by atoms with Gasteiger partial charge in [0.15, 0.2) is 5.84 Å². The molecule has 0 spiro atoms. The van der Waals surface area contributed by atoms with Crippen LogP contribution in [0.2, 0.25) is 0 Å². The molecule has 120 valence electrons. The fourth-order valence-electron chi connectivity index (χ4n) is 3.77. The van der Waals surface area contributed by atoms with Crippen LogP contribution in [-0.4, -0.2) is 23.0 Å². The van der Waals surface area contributed by atoms with Crippen molar-refractivity contribution in [3.8, 4) is 0 Å². The van der Waals surface area contributed by atoms with Crippen LogP contribution >= 0.6 is 0 Å². The molecule has 5 nitrogen and oxygen atoms in total. The van der Waals surface area contributed by atoms with Crippen LogP contribution in [0.25, 0.3) is 0 Å². The Kier molecular flexibility index (Phi) is 5.88. The lowest BCUT2D eigenvalue weighted by Crippen LogP contribution is -2.53. The van der Waals surface area contributed by atoms with Crippen molar-refractivity contribution in [1.82, 2.24) is 5.32 Å². The van der Waals surface area contributed by atoms with Gasteiger partial charge in [-0.3, -0.25) is 4.79 Å². The first-order valence-electron chi connectivity index (χ1n) is 8.48. The van der Waals surface area contributed by atoms with Gasteiger partial charge in [0.1, 0.15) is 5.41 Å². The molecule has 2 saturated carbocycles. The van der Waals surface area contributed by atoms with Crippen molar-refractivity contribution in [2.45, 2.75) is 83.1 Å². The zero-order valence-corrected chi connectivity index (χ0v) is 12.9. The Balaban J connectivity index is 2.03. The number of nitrogens with two attached hydrogens (primary N) is 1. The molecule has 2 rings (SSSR count). The number of carbonyl (C=O) groups excluding carboxylic acids is 1. The molecule has 4 N–H and O–H groups in total. The molecule has 0 atom stereocenters. The third kappa shape index (κ3) is 3.89. The lowest BCUT2D eigenvalue weighted by atomic mass is 9.72. The van der Waals surface area contributed by atoms with E-state index in [2.05, 4.69) is 10.5 Å². The summed E-state index contributed by atoms with van der Waals surface area (Å²) in [6.45, 7) is 0. The molecule has 0 aliphatic heterocycles. The van der Waals surface area contributed by atoms with Crippen LogP contribution in [0.4, 0.5) is 0 Å². The van der Waals surface area contributed by atoms with E-state index in [4.69, 9.17) is 10.9 Å². The van der Waals surface area contributed by atoms with Crippen molar-refractivity contribution in [1.29, 1.82) is 0 Å². The molecular weight excluding hydrogens is 266 g/mol. The van der Waals surface area contributed by atoms with Crippen LogP contribution in [-0.2, 0) is 4.79 Å². The third-order valence-electron chi connectivity index (χ3n) is 5.18. The number of carbonyl (C=O) groups is 1. The average Bonchev–Trinajstić information content (AvgIpc) is 2.49. The lowest BCUT2D eigenvalue weighted by molar-refractivity contribution is -0.129. The third-order valence-corrected chi connectivity index (χ3v) is 5.18. The van der Waals surface area contributed by atoms with E-state index >= 15 is 0 Å². The lowest BCUT2D eigenvalue weighted by Gasteiger charge is -2.36. The first kappa shape index (κ1) is 16.1. The first-order valence-corrected chi connectivity index (χ1v) is 8.48. The maximum Gasteiger partial charge on any atom is 0.234 e. The van der Waals surface area contributed by atoms with E-state index in [1.54, 1.807) is 0 Å². The van der Waals surface area contributed by atoms with Gasteiger partial charge in [-0.05, 0) is 25.7 Å². The average molecular weight is 295 g/mol. The molecule has 0 aromatic carbocycles. The van der Waals surface area contributed by atoms with Gasteiger partial charge in [-0.2, -0.15) is 0 Å². The Morgan fingerprint density at radius 2 is 1.52 bits per heavy atom. The number of oxime groups is 1. The van der Waals surface area contributed by atoms with Crippen molar-refractivity contribution >= 4 is 11.7 Å². The second-order valence-electron chi connectivity index (χ2n) is 6.64. The molecule has 0 radical (unpaired) electrons. The van der Waals surface area contributed by atoms with Crippen LogP contribution in [0.1, 0.15) is 77.0 Å². The quantitative estimate of drug-likeness (QED) is 0.324. The standard InChI is InChI=1S/C16H29N3O2/c17-14(19-21)16(11-7-4-8-12-16)15(20)18-13-9-5-2-1-3-6-10-13/h13,21H,1-12H2,(H2,17,19)(H,18,20). The molecule has 0 unspecified atom stereocenters. The van der Waals surface area contributed by atoms with Gasteiger partial charge >= 0.3 is 0 Å².